The van der Waals surface area contributed by atoms with Crippen molar-refractivity contribution in [2.75, 3.05) is 23.4 Å². The van der Waals surface area contributed by atoms with Crippen LogP contribution < -0.4 is 5.32 Å². The molecular formula is C13H20BrNO2S. The van der Waals surface area contributed by atoms with Gasteiger partial charge in [-0.15, -0.1) is 0 Å². The van der Waals surface area contributed by atoms with Crippen LogP contribution in [-0.4, -0.2) is 26.5 Å². The van der Waals surface area contributed by atoms with Crippen molar-refractivity contribution < 1.29 is 8.42 Å². The highest BCUT2D eigenvalue weighted by molar-refractivity contribution is 9.10. The summed E-state index contributed by atoms with van der Waals surface area (Å²) in [7, 11) is -2.94. The molecule has 0 spiro atoms. The van der Waals surface area contributed by atoms with E-state index < -0.39 is 9.84 Å². The molecule has 0 aromatic heterocycles. The van der Waals surface area contributed by atoms with Gasteiger partial charge in [0.1, 0.15) is 0 Å². The van der Waals surface area contributed by atoms with E-state index in [0.717, 1.165) is 16.6 Å². The fourth-order valence-corrected chi connectivity index (χ4v) is 3.50. The van der Waals surface area contributed by atoms with Gasteiger partial charge in [0.15, 0.2) is 9.84 Å². The SMILES string of the molecule is CCC(C)CS(=O)(=O)CCNc1ccc(Br)cc1. The largest absolute Gasteiger partial charge is 0.384 e. The number of hydrogen-bond donors (Lipinski definition) is 1. The Balaban J connectivity index is 2.39. The van der Waals surface area contributed by atoms with Crippen LogP contribution in [0.4, 0.5) is 5.69 Å². The van der Waals surface area contributed by atoms with Crippen LogP contribution in [0, 0.1) is 5.92 Å². The van der Waals surface area contributed by atoms with Gasteiger partial charge < -0.3 is 5.32 Å². The minimum Gasteiger partial charge on any atom is -0.384 e. The van der Waals surface area contributed by atoms with Crippen molar-refractivity contribution in [1.29, 1.82) is 0 Å². The summed E-state index contributed by atoms with van der Waals surface area (Å²) in [5, 5.41) is 3.12. The van der Waals surface area contributed by atoms with Crippen molar-refractivity contribution in [3.8, 4) is 0 Å². The molecule has 1 unspecified atom stereocenters. The average Bonchev–Trinajstić information content (AvgIpc) is 2.31. The number of nitrogens with one attached hydrogen (secondary N) is 1. The first-order valence-electron chi connectivity index (χ1n) is 6.13. The Morgan fingerprint density at radius 2 is 1.89 bits per heavy atom. The minimum absolute atomic E-state index is 0.188. The quantitative estimate of drug-likeness (QED) is 0.832. The van der Waals surface area contributed by atoms with Gasteiger partial charge in [0.25, 0.3) is 0 Å². The summed E-state index contributed by atoms with van der Waals surface area (Å²) in [6.07, 6.45) is 0.902. The van der Waals surface area contributed by atoms with Crippen molar-refractivity contribution in [3.05, 3.63) is 28.7 Å². The third kappa shape index (κ3) is 5.87. The molecule has 1 aromatic rings. The molecular weight excluding hydrogens is 314 g/mol. The van der Waals surface area contributed by atoms with Gasteiger partial charge in [-0.05, 0) is 30.2 Å². The normalized spacial score (nSPS) is 13.3. The van der Waals surface area contributed by atoms with Gasteiger partial charge in [0.05, 0.1) is 11.5 Å². The number of halogens is 1. The zero-order valence-corrected chi connectivity index (χ0v) is 13.2. The highest BCUT2D eigenvalue weighted by Crippen LogP contribution is 2.14. The lowest BCUT2D eigenvalue weighted by atomic mass is 10.2. The molecule has 1 N–H and O–H groups in total. The summed E-state index contributed by atoms with van der Waals surface area (Å²) in [6.45, 7) is 4.44. The molecule has 0 heterocycles. The Morgan fingerprint density at radius 1 is 1.28 bits per heavy atom. The van der Waals surface area contributed by atoms with Crippen LogP contribution in [-0.2, 0) is 9.84 Å². The summed E-state index contributed by atoms with van der Waals surface area (Å²) in [6, 6.07) is 7.70. The average molecular weight is 334 g/mol. The second kappa shape index (κ2) is 7.14. The van der Waals surface area contributed by atoms with E-state index in [9.17, 15) is 8.42 Å². The molecule has 3 nitrogen and oxygen atoms in total. The Morgan fingerprint density at radius 3 is 2.44 bits per heavy atom. The standard InChI is InChI=1S/C13H20BrNO2S/c1-3-11(2)10-18(16,17)9-8-15-13-6-4-12(14)5-7-13/h4-7,11,15H,3,8-10H2,1-2H3. The second-order valence-corrected chi connectivity index (χ2v) is 7.71. The lowest BCUT2D eigenvalue weighted by Crippen LogP contribution is -2.21. The van der Waals surface area contributed by atoms with E-state index in [1.54, 1.807) is 0 Å². The molecule has 5 heteroatoms. The van der Waals surface area contributed by atoms with Crippen molar-refractivity contribution in [2.45, 2.75) is 20.3 Å². The molecule has 0 aliphatic rings. The second-order valence-electron chi connectivity index (χ2n) is 4.56. The maximum atomic E-state index is 11.8. The maximum absolute atomic E-state index is 11.8. The molecule has 1 atom stereocenters. The van der Waals surface area contributed by atoms with Crippen LogP contribution in [0.3, 0.4) is 0 Å². The zero-order valence-electron chi connectivity index (χ0n) is 10.8. The molecule has 18 heavy (non-hydrogen) atoms. The van der Waals surface area contributed by atoms with E-state index in [2.05, 4.69) is 21.2 Å². The number of anilines is 1. The molecule has 102 valence electrons. The van der Waals surface area contributed by atoms with Crippen molar-refractivity contribution in [2.24, 2.45) is 5.92 Å². The van der Waals surface area contributed by atoms with Crippen LogP contribution in [0.15, 0.2) is 28.7 Å². The third-order valence-corrected chi connectivity index (χ3v) is 5.25. The topological polar surface area (TPSA) is 46.2 Å². The van der Waals surface area contributed by atoms with E-state index in [-0.39, 0.29) is 17.4 Å². The van der Waals surface area contributed by atoms with Gasteiger partial charge >= 0.3 is 0 Å². The third-order valence-electron chi connectivity index (χ3n) is 2.82. The molecule has 1 rings (SSSR count). The van der Waals surface area contributed by atoms with Crippen LogP contribution in [0.2, 0.25) is 0 Å². The molecule has 0 radical (unpaired) electrons. The smallest absolute Gasteiger partial charge is 0.152 e. The zero-order chi connectivity index (χ0) is 13.6. The molecule has 0 saturated carbocycles. The van der Waals surface area contributed by atoms with Gasteiger partial charge in [-0.25, -0.2) is 8.42 Å². The molecule has 0 aliphatic heterocycles. The maximum Gasteiger partial charge on any atom is 0.152 e. The summed E-state index contributed by atoms with van der Waals surface area (Å²) in [5.41, 5.74) is 0.942. The fraction of sp³-hybridized carbons (Fsp3) is 0.538. The molecule has 0 aliphatic carbocycles. The highest BCUT2D eigenvalue weighted by Gasteiger charge is 2.14. The van der Waals surface area contributed by atoms with Crippen molar-refractivity contribution >= 4 is 31.5 Å². The monoisotopic (exact) mass is 333 g/mol. The van der Waals surface area contributed by atoms with Crippen molar-refractivity contribution in [3.63, 3.8) is 0 Å². The molecule has 0 bridgehead atoms. The van der Waals surface area contributed by atoms with E-state index in [1.807, 2.05) is 38.1 Å². The van der Waals surface area contributed by atoms with Gasteiger partial charge in [-0.2, -0.15) is 0 Å². The first-order valence-corrected chi connectivity index (χ1v) is 8.74. The predicted octanol–water partition coefficient (Wildman–Crippen LogP) is 3.32. The molecule has 0 saturated heterocycles. The van der Waals surface area contributed by atoms with Crippen LogP contribution in [0.5, 0.6) is 0 Å². The molecule has 1 aromatic carbocycles. The van der Waals surface area contributed by atoms with Crippen LogP contribution in [0.1, 0.15) is 20.3 Å². The highest BCUT2D eigenvalue weighted by atomic mass is 79.9. The van der Waals surface area contributed by atoms with E-state index in [4.69, 9.17) is 0 Å². The predicted molar refractivity (Wildman–Crippen MR) is 80.7 cm³/mol. The number of hydrogen-bond acceptors (Lipinski definition) is 3. The Labute approximate surface area is 118 Å². The van der Waals surface area contributed by atoms with Gasteiger partial charge in [0.2, 0.25) is 0 Å². The van der Waals surface area contributed by atoms with Gasteiger partial charge in [0, 0.05) is 16.7 Å². The Kier molecular flexibility index (Phi) is 6.15. The summed E-state index contributed by atoms with van der Waals surface area (Å²) < 4.78 is 24.6. The van der Waals surface area contributed by atoms with Crippen molar-refractivity contribution in [1.82, 2.24) is 0 Å². The fourth-order valence-electron chi connectivity index (χ4n) is 1.55. The summed E-state index contributed by atoms with van der Waals surface area (Å²) in [4.78, 5) is 0. The van der Waals surface area contributed by atoms with Crippen LogP contribution in [0.25, 0.3) is 0 Å². The Bertz CT molecular complexity index is 456. The van der Waals surface area contributed by atoms with Gasteiger partial charge in [-0.1, -0.05) is 36.2 Å². The summed E-state index contributed by atoms with van der Waals surface area (Å²) in [5.74, 6) is 0.710. The lowest BCUT2D eigenvalue weighted by molar-refractivity contribution is 0.564. The van der Waals surface area contributed by atoms with E-state index >= 15 is 0 Å². The lowest BCUT2D eigenvalue weighted by Gasteiger charge is -2.10. The van der Waals surface area contributed by atoms with Crippen LogP contribution >= 0.6 is 15.9 Å². The number of sulfone groups is 1. The molecule has 0 fully saturated rings. The summed E-state index contributed by atoms with van der Waals surface area (Å²) >= 11 is 3.36. The minimum atomic E-state index is -2.94. The first-order chi connectivity index (χ1) is 8.43. The van der Waals surface area contributed by atoms with E-state index in [1.165, 1.54) is 0 Å². The first kappa shape index (κ1) is 15.5. The number of benzene rings is 1. The number of rotatable bonds is 7. The Hall–Kier alpha value is -0.550. The molecule has 0 amide bonds. The van der Waals surface area contributed by atoms with Gasteiger partial charge in [-0.3, -0.25) is 0 Å². The van der Waals surface area contributed by atoms with E-state index in [0.29, 0.717) is 6.54 Å².